The van der Waals surface area contributed by atoms with Crippen molar-refractivity contribution in [3.05, 3.63) is 29.8 Å². The number of benzene rings is 1. The van der Waals surface area contributed by atoms with E-state index in [0.717, 1.165) is 31.7 Å². The van der Waals surface area contributed by atoms with Crippen LogP contribution in [0.25, 0.3) is 0 Å². The van der Waals surface area contributed by atoms with Crippen molar-refractivity contribution in [1.29, 1.82) is 5.26 Å². The molecule has 0 amide bonds. The third kappa shape index (κ3) is 2.78. The SMILES string of the molecule is COc1ccccc1C1CCN(CC#N)CC1. The van der Waals surface area contributed by atoms with Crippen LogP contribution in [0.1, 0.15) is 24.3 Å². The van der Waals surface area contributed by atoms with E-state index in [1.165, 1.54) is 5.56 Å². The van der Waals surface area contributed by atoms with Crippen LogP contribution in [-0.2, 0) is 0 Å². The van der Waals surface area contributed by atoms with Gasteiger partial charge in [-0.15, -0.1) is 0 Å². The summed E-state index contributed by atoms with van der Waals surface area (Å²) in [5.41, 5.74) is 1.31. The van der Waals surface area contributed by atoms with Gasteiger partial charge in [0.25, 0.3) is 0 Å². The van der Waals surface area contributed by atoms with E-state index < -0.39 is 0 Å². The third-order valence-corrected chi connectivity index (χ3v) is 3.46. The fraction of sp³-hybridized carbons (Fsp3) is 0.500. The number of nitrogens with zero attached hydrogens (tertiary/aromatic N) is 2. The molecule has 3 nitrogen and oxygen atoms in total. The molecule has 1 saturated heterocycles. The number of hydrogen-bond donors (Lipinski definition) is 0. The Morgan fingerprint density at radius 2 is 2.06 bits per heavy atom. The highest BCUT2D eigenvalue weighted by Crippen LogP contribution is 2.33. The number of likely N-dealkylation sites (tertiary alicyclic amines) is 1. The van der Waals surface area contributed by atoms with E-state index in [9.17, 15) is 0 Å². The van der Waals surface area contributed by atoms with E-state index in [0.29, 0.717) is 12.5 Å². The van der Waals surface area contributed by atoms with Gasteiger partial charge in [0.1, 0.15) is 5.75 Å². The predicted molar refractivity (Wildman–Crippen MR) is 67.0 cm³/mol. The number of piperidine rings is 1. The summed E-state index contributed by atoms with van der Waals surface area (Å²) in [4.78, 5) is 2.21. The van der Waals surface area contributed by atoms with Gasteiger partial charge >= 0.3 is 0 Å². The molecule has 0 N–H and O–H groups in total. The standard InChI is InChI=1S/C14H18N2O/c1-17-14-5-3-2-4-13(14)12-6-9-16(10-7-12)11-8-15/h2-5,12H,6-7,9-11H2,1H3. The number of nitriles is 1. The highest BCUT2D eigenvalue weighted by molar-refractivity contribution is 5.36. The van der Waals surface area contributed by atoms with E-state index in [-0.39, 0.29) is 0 Å². The third-order valence-electron chi connectivity index (χ3n) is 3.46. The highest BCUT2D eigenvalue weighted by atomic mass is 16.5. The molecule has 0 radical (unpaired) electrons. The van der Waals surface area contributed by atoms with Crippen LogP contribution in [0.4, 0.5) is 0 Å². The second-order valence-corrected chi connectivity index (χ2v) is 4.45. The molecule has 1 aromatic rings. The van der Waals surface area contributed by atoms with E-state index in [1.54, 1.807) is 7.11 Å². The van der Waals surface area contributed by atoms with Crippen molar-refractivity contribution in [2.45, 2.75) is 18.8 Å². The minimum absolute atomic E-state index is 0.554. The van der Waals surface area contributed by atoms with Gasteiger partial charge in [-0.1, -0.05) is 18.2 Å². The lowest BCUT2D eigenvalue weighted by Gasteiger charge is -2.31. The summed E-state index contributed by atoms with van der Waals surface area (Å²) >= 11 is 0. The largest absolute Gasteiger partial charge is 0.496 e. The number of para-hydroxylation sites is 1. The smallest absolute Gasteiger partial charge is 0.122 e. The molecule has 2 rings (SSSR count). The highest BCUT2D eigenvalue weighted by Gasteiger charge is 2.22. The summed E-state index contributed by atoms with van der Waals surface area (Å²) in [6.07, 6.45) is 2.23. The normalized spacial score (nSPS) is 17.6. The molecule has 3 heteroatoms. The number of methoxy groups -OCH3 is 1. The molecule has 0 saturated carbocycles. The van der Waals surface area contributed by atoms with E-state index in [4.69, 9.17) is 10.00 Å². The van der Waals surface area contributed by atoms with Gasteiger partial charge in [-0.2, -0.15) is 5.26 Å². The summed E-state index contributed by atoms with van der Waals surface area (Å²) in [5, 5.41) is 8.67. The van der Waals surface area contributed by atoms with Crippen LogP contribution in [0.5, 0.6) is 5.75 Å². The van der Waals surface area contributed by atoms with Crippen LogP contribution in [-0.4, -0.2) is 31.6 Å². The summed E-state index contributed by atoms with van der Waals surface area (Å²) in [5.74, 6) is 1.56. The molecule has 17 heavy (non-hydrogen) atoms. The quantitative estimate of drug-likeness (QED) is 0.748. The Hall–Kier alpha value is -1.53. The number of hydrogen-bond acceptors (Lipinski definition) is 3. The van der Waals surface area contributed by atoms with Crippen LogP contribution in [0.15, 0.2) is 24.3 Å². The molecule has 1 aliphatic heterocycles. The number of ether oxygens (including phenoxy) is 1. The average molecular weight is 230 g/mol. The van der Waals surface area contributed by atoms with Crippen molar-refractivity contribution in [3.63, 3.8) is 0 Å². The Morgan fingerprint density at radius 1 is 1.35 bits per heavy atom. The van der Waals surface area contributed by atoms with Gasteiger partial charge < -0.3 is 4.74 Å². The van der Waals surface area contributed by atoms with Crippen LogP contribution >= 0.6 is 0 Å². The Balaban J connectivity index is 2.03. The number of rotatable bonds is 3. The second kappa shape index (κ2) is 5.70. The Kier molecular flexibility index (Phi) is 4.00. The minimum Gasteiger partial charge on any atom is -0.496 e. The molecule has 90 valence electrons. The first-order valence-corrected chi connectivity index (χ1v) is 6.07. The fourth-order valence-electron chi connectivity index (χ4n) is 2.51. The van der Waals surface area contributed by atoms with E-state index in [1.807, 2.05) is 12.1 Å². The van der Waals surface area contributed by atoms with Crippen molar-refractivity contribution in [1.82, 2.24) is 4.90 Å². The topological polar surface area (TPSA) is 36.3 Å². The maximum Gasteiger partial charge on any atom is 0.122 e. The lowest BCUT2D eigenvalue weighted by Crippen LogP contribution is -2.33. The van der Waals surface area contributed by atoms with Gasteiger partial charge in [-0.25, -0.2) is 0 Å². The Bertz CT molecular complexity index is 403. The van der Waals surface area contributed by atoms with Crippen LogP contribution < -0.4 is 4.74 Å². The average Bonchev–Trinajstić information content (AvgIpc) is 2.40. The first kappa shape index (κ1) is 11.9. The van der Waals surface area contributed by atoms with Crippen molar-refractivity contribution in [2.24, 2.45) is 0 Å². The summed E-state index contributed by atoms with van der Waals surface area (Å²) in [7, 11) is 1.73. The zero-order chi connectivity index (χ0) is 12.1. The zero-order valence-corrected chi connectivity index (χ0v) is 10.2. The molecule has 1 heterocycles. The van der Waals surface area contributed by atoms with E-state index >= 15 is 0 Å². The Labute approximate surface area is 103 Å². The molecule has 0 bridgehead atoms. The monoisotopic (exact) mass is 230 g/mol. The van der Waals surface area contributed by atoms with Crippen molar-refractivity contribution >= 4 is 0 Å². The molecule has 0 atom stereocenters. The molecule has 0 spiro atoms. The molecule has 1 fully saturated rings. The fourth-order valence-corrected chi connectivity index (χ4v) is 2.51. The molecular formula is C14H18N2O. The summed E-state index contributed by atoms with van der Waals surface area (Å²) in [6, 6.07) is 10.5. The first-order valence-electron chi connectivity index (χ1n) is 6.07. The van der Waals surface area contributed by atoms with Gasteiger partial charge in [0, 0.05) is 0 Å². The van der Waals surface area contributed by atoms with Crippen LogP contribution in [0, 0.1) is 11.3 Å². The van der Waals surface area contributed by atoms with Crippen molar-refractivity contribution in [2.75, 3.05) is 26.7 Å². The second-order valence-electron chi connectivity index (χ2n) is 4.45. The molecule has 0 aromatic heterocycles. The zero-order valence-electron chi connectivity index (χ0n) is 10.2. The van der Waals surface area contributed by atoms with Crippen molar-refractivity contribution < 1.29 is 4.74 Å². The van der Waals surface area contributed by atoms with Crippen LogP contribution in [0.3, 0.4) is 0 Å². The summed E-state index contributed by atoms with van der Waals surface area (Å²) in [6.45, 7) is 2.57. The van der Waals surface area contributed by atoms with Gasteiger partial charge in [-0.05, 0) is 43.5 Å². The molecular weight excluding hydrogens is 212 g/mol. The lowest BCUT2D eigenvalue weighted by atomic mass is 9.89. The Morgan fingerprint density at radius 3 is 2.71 bits per heavy atom. The molecule has 0 unspecified atom stereocenters. The van der Waals surface area contributed by atoms with Gasteiger partial charge in [0.2, 0.25) is 0 Å². The van der Waals surface area contributed by atoms with Crippen molar-refractivity contribution in [3.8, 4) is 11.8 Å². The van der Waals surface area contributed by atoms with Gasteiger partial charge in [0.15, 0.2) is 0 Å². The van der Waals surface area contributed by atoms with Gasteiger partial charge in [-0.3, -0.25) is 4.90 Å². The molecule has 0 aliphatic carbocycles. The maximum atomic E-state index is 8.67. The predicted octanol–water partition coefficient (Wildman–Crippen LogP) is 2.40. The van der Waals surface area contributed by atoms with E-state index in [2.05, 4.69) is 23.1 Å². The first-order chi connectivity index (χ1) is 8.35. The minimum atomic E-state index is 0.554. The summed E-state index contributed by atoms with van der Waals surface area (Å²) < 4.78 is 5.41. The maximum absolute atomic E-state index is 8.67. The lowest BCUT2D eigenvalue weighted by molar-refractivity contribution is 0.233. The van der Waals surface area contributed by atoms with Crippen LogP contribution in [0.2, 0.25) is 0 Å². The molecule has 1 aromatic carbocycles. The molecule has 1 aliphatic rings. The van der Waals surface area contributed by atoms with Gasteiger partial charge in [0.05, 0.1) is 19.7 Å².